The number of nitrogens with zero attached hydrogens (tertiary/aromatic N) is 1. The molecule has 0 N–H and O–H groups in total. The first-order valence-electron chi connectivity index (χ1n) is 5.74. The van der Waals surface area contributed by atoms with Gasteiger partial charge in [-0.25, -0.2) is 0 Å². The summed E-state index contributed by atoms with van der Waals surface area (Å²) >= 11 is 1.35. The van der Waals surface area contributed by atoms with Gasteiger partial charge in [-0.05, 0) is 30.7 Å². The molecule has 0 bridgehead atoms. The van der Waals surface area contributed by atoms with E-state index >= 15 is 0 Å². The molecule has 0 atom stereocenters. The van der Waals surface area contributed by atoms with Crippen LogP contribution >= 0.6 is 11.8 Å². The van der Waals surface area contributed by atoms with Crippen molar-refractivity contribution >= 4 is 23.2 Å². The Balaban J connectivity index is 2.32. The molecule has 0 spiro atoms. The first-order valence-corrected chi connectivity index (χ1v) is 6.55. The van der Waals surface area contributed by atoms with Crippen molar-refractivity contribution in [1.82, 2.24) is 0 Å². The summed E-state index contributed by atoms with van der Waals surface area (Å²) in [6, 6.07) is 6.64. The molecule has 18 heavy (non-hydrogen) atoms. The van der Waals surface area contributed by atoms with Crippen molar-refractivity contribution in [3.05, 3.63) is 44.9 Å². The maximum Gasteiger partial charge on any atom is 0.283 e. The third-order valence-corrected chi connectivity index (χ3v) is 4.26. The highest BCUT2D eigenvalue weighted by Crippen LogP contribution is 2.39. The maximum absolute atomic E-state index is 11.6. The minimum atomic E-state index is -0.386. The third kappa shape index (κ3) is 2.61. The van der Waals surface area contributed by atoms with E-state index in [1.165, 1.54) is 17.8 Å². The lowest BCUT2D eigenvalue weighted by Crippen LogP contribution is -2.07. The molecule has 0 saturated heterocycles. The van der Waals surface area contributed by atoms with E-state index in [-0.39, 0.29) is 16.4 Å². The largest absolute Gasteiger partial charge is 0.295 e. The molecule has 0 aliphatic heterocycles. The van der Waals surface area contributed by atoms with Crippen LogP contribution < -0.4 is 0 Å². The molecule has 2 rings (SSSR count). The van der Waals surface area contributed by atoms with E-state index in [0.717, 1.165) is 23.3 Å². The van der Waals surface area contributed by atoms with E-state index in [9.17, 15) is 14.9 Å². The number of thioether (sulfide) groups is 1. The second-order valence-corrected chi connectivity index (χ2v) is 5.29. The summed E-state index contributed by atoms with van der Waals surface area (Å²) < 4.78 is 0. The number of rotatable bonds is 3. The number of carbonyl (C=O) groups is 1. The fourth-order valence-corrected chi connectivity index (χ4v) is 3.07. The molecule has 4 nitrogen and oxygen atoms in total. The minimum absolute atomic E-state index is 0.0980. The van der Waals surface area contributed by atoms with Crippen molar-refractivity contribution in [1.29, 1.82) is 0 Å². The first-order chi connectivity index (χ1) is 8.59. The lowest BCUT2D eigenvalue weighted by molar-refractivity contribution is -0.387. The summed E-state index contributed by atoms with van der Waals surface area (Å²) in [5, 5.41) is 10.9. The molecule has 1 aliphatic rings. The van der Waals surface area contributed by atoms with E-state index in [0.29, 0.717) is 11.3 Å². The number of ketones is 1. The van der Waals surface area contributed by atoms with Crippen molar-refractivity contribution in [2.24, 2.45) is 0 Å². The molecular formula is C13H13NO3S. The molecule has 1 aliphatic carbocycles. The fourth-order valence-electron chi connectivity index (χ4n) is 1.89. The lowest BCUT2D eigenvalue weighted by atomic mass is 9.99. The van der Waals surface area contributed by atoms with E-state index < -0.39 is 0 Å². The summed E-state index contributed by atoms with van der Waals surface area (Å²) in [6.07, 6.45) is 2.25. The van der Waals surface area contributed by atoms with Crippen LogP contribution in [0.1, 0.15) is 26.2 Å². The van der Waals surface area contributed by atoms with Gasteiger partial charge in [-0.1, -0.05) is 23.9 Å². The van der Waals surface area contributed by atoms with Crippen molar-refractivity contribution in [2.75, 3.05) is 0 Å². The number of benzene rings is 1. The van der Waals surface area contributed by atoms with E-state index in [1.54, 1.807) is 25.1 Å². The van der Waals surface area contributed by atoms with Gasteiger partial charge in [0.25, 0.3) is 5.69 Å². The predicted molar refractivity (Wildman–Crippen MR) is 70.5 cm³/mol. The summed E-state index contributed by atoms with van der Waals surface area (Å²) in [4.78, 5) is 23.7. The summed E-state index contributed by atoms with van der Waals surface area (Å²) in [5.41, 5.74) is 0.852. The molecule has 0 aromatic heterocycles. The molecule has 5 heteroatoms. The Labute approximate surface area is 109 Å². The smallest absolute Gasteiger partial charge is 0.283 e. The monoisotopic (exact) mass is 263 g/mol. The number of hydrogen-bond donors (Lipinski definition) is 0. The predicted octanol–water partition coefficient (Wildman–Crippen LogP) is 3.71. The standard InChI is InChI=1S/C13H13NO3S/c1-9-11(15)6-4-8-12(9)18-13-7-3-2-5-10(13)14(16)17/h2-3,5,7H,4,6,8H2,1H3. The van der Waals surface area contributed by atoms with Gasteiger partial charge < -0.3 is 0 Å². The van der Waals surface area contributed by atoms with Crippen LogP contribution in [0.15, 0.2) is 39.6 Å². The van der Waals surface area contributed by atoms with Crippen molar-refractivity contribution in [3.8, 4) is 0 Å². The van der Waals surface area contributed by atoms with Crippen LogP contribution in [0.2, 0.25) is 0 Å². The second-order valence-electron chi connectivity index (χ2n) is 4.15. The van der Waals surface area contributed by atoms with Gasteiger partial charge in [0.15, 0.2) is 5.78 Å². The minimum Gasteiger partial charge on any atom is -0.295 e. The molecule has 0 radical (unpaired) electrons. The topological polar surface area (TPSA) is 60.2 Å². The molecule has 94 valence electrons. The Kier molecular flexibility index (Phi) is 3.81. The highest BCUT2D eigenvalue weighted by molar-refractivity contribution is 8.03. The van der Waals surface area contributed by atoms with Gasteiger partial charge >= 0.3 is 0 Å². The first kappa shape index (κ1) is 12.8. The number of para-hydroxylation sites is 1. The molecule has 0 heterocycles. The highest BCUT2D eigenvalue weighted by Gasteiger charge is 2.20. The van der Waals surface area contributed by atoms with Gasteiger partial charge in [0.1, 0.15) is 0 Å². The average Bonchev–Trinajstić information content (AvgIpc) is 2.35. The van der Waals surface area contributed by atoms with Crippen molar-refractivity contribution < 1.29 is 9.72 Å². The number of carbonyl (C=O) groups excluding carboxylic acids is 1. The summed E-state index contributed by atoms with van der Waals surface area (Å²) in [5.74, 6) is 0.155. The van der Waals surface area contributed by atoms with Crippen LogP contribution in [0, 0.1) is 10.1 Å². The van der Waals surface area contributed by atoms with E-state index in [1.807, 2.05) is 0 Å². The normalized spacial score (nSPS) is 15.9. The Morgan fingerprint density at radius 2 is 2.00 bits per heavy atom. The molecule has 0 saturated carbocycles. The Bertz CT molecular complexity index is 537. The van der Waals surface area contributed by atoms with E-state index in [2.05, 4.69) is 0 Å². The van der Waals surface area contributed by atoms with Gasteiger partial charge in [-0.15, -0.1) is 0 Å². The van der Waals surface area contributed by atoms with Gasteiger partial charge in [-0.3, -0.25) is 14.9 Å². The van der Waals surface area contributed by atoms with Crippen LogP contribution in [0.5, 0.6) is 0 Å². The number of Topliss-reactive ketones (excluding diaryl/α,β-unsaturated/α-hetero) is 1. The number of hydrogen-bond acceptors (Lipinski definition) is 4. The molecule has 0 fully saturated rings. The van der Waals surface area contributed by atoms with Crippen LogP contribution in [0.3, 0.4) is 0 Å². The zero-order valence-corrected chi connectivity index (χ0v) is 10.8. The van der Waals surface area contributed by atoms with Crippen LogP contribution in [-0.4, -0.2) is 10.7 Å². The SMILES string of the molecule is CC1=C(Sc2ccccc2[N+](=O)[O-])CCCC1=O. The molecular weight excluding hydrogens is 250 g/mol. The van der Waals surface area contributed by atoms with Gasteiger partial charge in [-0.2, -0.15) is 0 Å². The zero-order valence-electron chi connectivity index (χ0n) is 10.0. The average molecular weight is 263 g/mol. The Morgan fingerprint density at radius 3 is 2.72 bits per heavy atom. The maximum atomic E-state index is 11.6. The number of nitro benzene ring substituents is 1. The molecule has 1 aromatic carbocycles. The van der Waals surface area contributed by atoms with Gasteiger partial charge in [0, 0.05) is 18.1 Å². The van der Waals surface area contributed by atoms with Crippen molar-refractivity contribution in [2.45, 2.75) is 31.1 Å². The molecule has 1 aromatic rings. The quantitative estimate of drug-likeness (QED) is 0.616. The Morgan fingerprint density at radius 1 is 1.28 bits per heavy atom. The second kappa shape index (κ2) is 5.35. The lowest BCUT2D eigenvalue weighted by Gasteiger charge is -2.15. The van der Waals surface area contributed by atoms with E-state index in [4.69, 9.17) is 0 Å². The Hall–Kier alpha value is -1.62. The van der Waals surface area contributed by atoms with Crippen LogP contribution in [0.25, 0.3) is 0 Å². The van der Waals surface area contributed by atoms with Crippen LogP contribution in [0.4, 0.5) is 5.69 Å². The van der Waals surface area contributed by atoms with Crippen LogP contribution in [-0.2, 0) is 4.79 Å². The zero-order chi connectivity index (χ0) is 13.1. The molecule has 0 unspecified atom stereocenters. The van der Waals surface area contributed by atoms with Gasteiger partial charge in [0.05, 0.1) is 9.82 Å². The highest BCUT2D eigenvalue weighted by atomic mass is 32.2. The molecule has 0 amide bonds. The fraction of sp³-hybridized carbons (Fsp3) is 0.308. The summed E-state index contributed by atoms with van der Waals surface area (Å²) in [7, 11) is 0. The van der Waals surface area contributed by atoms with Gasteiger partial charge in [0.2, 0.25) is 0 Å². The van der Waals surface area contributed by atoms with Crippen molar-refractivity contribution in [3.63, 3.8) is 0 Å². The third-order valence-electron chi connectivity index (χ3n) is 2.94. The number of nitro groups is 1. The number of allylic oxidation sites excluding steroid dienone is 2. The summed E-state index contributed by atoms with van der Waals surface area (Å²) in [6.45, 7) is 1.80.